The second kappa shape index (κ2) is 11.4. The van der Waals surface area contributed by atoms with E-state index in [2.05, 4.69) is 15.6 Å². The second-order valence-electron chi connectivity index (χ2n) is 8.85. The molecular formula is C25H33F2N5O2. The first kappa shape index (κ1) is 25.6. The highest BCUT2D eigenvalue weighted by Crippen LogP contribution is 2.32. The molecule has 3 amide bonds. The maximum Gasteiger partial charge on any atom is 0.321 e. The lowest BCUT2D eigenvalue weighted by molar-refractivity contribution is -0.124. The first-order valence-electron chi connectivity index (χ1n) is 11.7. The van der Waals surface area contributed by atoms with Crippen molar-refractivity contribution in [2.24, 2.45) is 11.7 Å². The molecule has 34 heavy (non-hydrogen) atoms. The molecule has 0 spiro atoms. The smallest absolute Gasteiger partial charge is 0.321 e. The predicted octanol–water partition coefficient (Wildman–Crippen LogP) is 3.81. The van der Waals surface area contributed by atoms with Crippen LogP contribution in [0.1, 0.15) is 45.1 Å². The largest absolute Gasteiger partial charge is 0.354 e. The lowest BCUT2D eigenvalue weighted by Gasteiger charge is -2.36. The van der Waals surface area contributed by atoms with Crippen LogP contribution in [0.5, 0.6) is 0 Å². The molecular weight excluding hydrogens is 440 g/mol. The van der Waals surface area contributed by atoms with Gasteiger partial charge in [-0.15, -0.1) is 0 Å². The van der Waals surface area contributed by atoms with E-state index in [1.165, 1.54) is 6.07 Å². The van der Waals surface area contributed by atoms with Gasteiger partial charge in [0.1, 0.15) is 0 Å². The summed E-state index contributed by atoms with van der Waals surface area (Å²) in [5.74, 6) is -2.11. The van der Waals surface area contributed by atoms with Gasteiger partial charge in [0.15, 0.2) is 11.6 Å². The number of hydrogen-bond donors (Lipinski definition) is 3. The van der Waals surface area contributed by atoms with Crippen LogP contribution in [0.3, 0.4) is 0 Å². The maximum absolute atomic E-state index is 13.8. The standard InChI is InChI=1S/C25H33F2N5O2/c1-3-25(4-2,18-5-6-20(26)21(27)15-18)16-30-23(33)22(28)17-9-13-32(14-10-17)24(34)31-19-7-11-29-12-8-19/h5-8,11-12,15,17,22H,3-4,9-10,13-14,16,28H2,1-2H3,(H,30,33)(H,29,31,34). The van der Waals surface area contributed by atoms with Gasteiger partial charge >= 0.3 is 6.03 Å². The first-order valence-corrected chi connectivity index (χ1v) is 11.7. The number of anilines is 1. The zero-order chi connectivity index (χ0) is 24.7. The van der Waals surface area contributed by atoms with Gasteiger partial charge in [-0.2, -0.15) is 0 Å². The van der Waals surface area contributed by atoms with Crippen LogP contribution in [0.15, 0.2) is 42.7 Å². The average molecular weight is 474 g/mol. The van der Waals surface area contributed by atoms with E-state index in [-0.39, 0.29) is 24.4 Å². The highest BCUT2D eigenvalue weighted by Gasteiger charge is 2.33. The number of carbonyl (C=O) groups is 2. The van der Waals surface area contributed by atoms with Gasteiger partial charge in [0.05, 0.1) is 6.04 Å². The summed E-state index contributed by atoms with van der Waals surface area (Å²) in [4.78, 5) is 31.0. The molecule has 1 unspecified atom stereocenters. The Labute approximate surface area is 199 Å². The first-order chi connectivity index (χ1) is 16.3. The number of urea groups is 1. The van der Waals surface area contributed by atoms with Crippen molar-refractivity contribution >= 4 is 17.6 Å². The Hall–Kier alpha value is -3.07. The number of hydrogen-bond acceptors (Lipinski definition) is 4. The second-order valence-corrected chi connectivity index (χ2v) is 8.85. The maximum atomic E-state index is 13.8. The molecule has 4 N–H and O–H groups in total. The minimum Gasteiger partial charge on any atom is -0.354 e. The van der Waals surface area contributed by atoms with E-state index >= 15 is 0 Å². The third kappa shape index (κ3) is 5.88. The van der Waals surface area contributed by atoms with Gasteiger partial charge < -0.3 is 21.3 Å². The lowest BCUT2D eigenvalue weighted by Crippen LogP contribution is -2.52. The number of nitrogens with two attached hydrogens (primary N) is 1. The van der Waals surface area contributed by atoms with E-state index in [0.29, 0.717) is 50.0 Å². The minimum absolute atomic E-state index is 0.0501. The van der Waals surface area contributed by atoms with Crippen LogP contribution in [0.25, 0.3) is 0 Å². The van der Waals surface area contributed by atoms with Crippen molar-refractivity contribution in [1.29, 1.82) is 0 Å². The number of nitrogens with one attached hydrogen (secondary N) is 2. The highest BCUT2D eigenvalue weighted by molar-refractivity contribution is 5.89. The topological polar surface area (TPSA) is 100 Å². The fourth-order valence-electron chi connectivity index (χ4n) is 4.52. The van der Waals surface area contributed by atoms with Crippen LogP contribution in [-0.2, 0) is 10.2 Å². The number of carbonyl (C=O) groups excluding carboxylic acids is 2. The third-order valence-electron chi connectivity index (χ3n) is 7.06. The number of piperidine rings is 1. The van der Waals surface area contributed by atoms with Crippen LogP contribution < -0.4 is 16.4 Å². The number of likely N-dealkylation sites (tertiary alicyclic amines) is 1. The Kier molecular flexibility index (Phi) is 8.55. The molecule has 0 aliphatic carbocycles. The summed E-state index contributed by atoms with van der Waals surface area (Å²) in [7, 11) is 0. The molecule has 184 valence electrons. The van der Waals surface area contributed by atoms with Crippen LogP contribution in [0.4, 0.5) is 19.3 Å². The monoisotopic (exact) mass is 473 g/mol. The Morgan fingerprint density at radius 3 is 2.35 bits per heavy atom. The van der Waals surface area contributed by atoms with Gasteiger partial charge in [0.2, 0.25) is 5.91 Å². The van der Waals surface area contributed by atoms with Crippen molar-refractivity contribution in [3.63, 3.8) is 0 Å². The van der Waals surface area contributed by atoms with E-state index in [0.717, 1.165) is 6.07 Å². The van der Waals surface area contributed by atoms with Gasteiger partial charge in [-0.25, -0.2) is 13.6 Å². The van der Waals surface area contributed by atoms with Crippen molar-refractivity contribution < 1.29 is 18.4 Å². The molecule has 1 aliphatic rings. The zero-order valence-electron chi connectivity index (χ0n) is 19.7. The Bertz CT molecular complexity index is 977. The number of pyridine rings is 1. The highest BCUT2D eigenvalue weighted by atomic mass is 19.2. The van der Waals surface area contributed by atoms with E-state index in [9.17, 15) is 18.4 Å². The third-order valence-corrected chi connectivity index (χ3v) is 7.06. The Balaban J connectivity index is 1.54. The number of benzene rings is 1. The van der Waals surface area contributed by atoms with Crippen LogP contribution in [-0.4, -0.2) is 47.5 Å². The van der Waals surface area contributed by atoms with Crippen LogP contribution in [0, 0.1) is 17.6 Å². The molecule has 1 aromatic carbocycles. The minimum atomic E-state index is -0.897. The normalized spacial score (nSPS) is 15.6. The summed E-state index contributed by atoms with van der Waals surface area (Å²) in [6.07, 6.45) is 5.75. The molecule has 2 aromatic rings. The number of nitrogens with zero attached hydrogens (tertiary/aromatic N) is 2. The Morgan fingerprint density at radius 1 is 1.12 bits per heavy atom. The zero-order valence-corrected chi connectivity index (χ0v) is 19.7. The lowest BCUT2D eigenvalue weighted by atomic mass is 9.75. The molecule has 1 fully saturated rings. The van der Waals surface area contributed by atoms with Crippen LogP contribution >= 0.6 is 0 Å². The van der Waals surface area contributed by atoms with E-state index in [1.807, 2.05) is 13.8 Å². The van der Waals surface area contributed by atoms with Gasteiger partial charge in [-0.05, 0) is 61.4 Å². The summed E-state index contributed by atoms with van der Waals surface area (Å²) >= 11 is 0. The summed E-state index contributed by atoms with van der Waals surface area (Å²) in [5.41, 5.74) is 7.10. The molecule has 2 heterocycles. The molecule has 1 saturated heterocycles. The quantitative estimate of drug-likeness (QED) is 0.543. The number of aromatic nitrogens is 1. The SMILES string of the molecule is CCC(CC)(CNC(=O)C(N)C1CCN(C(=O)Nc2ccncc2)CC1)c1ccc(F)c(F)c1. The molecule has 0 bridgehead atoms. The molecule has 3 rings (SSSR count). The van der Waals surface area contributed by atoms with Crippen molar-refractivity contribution in [1.82, 2.24) is 15.2 Å². The molecule has 0 saturated carbocycles. The van der Waals surface area contributed by atoms with Gasteiger partial charge in [0, 0.05) is 43.1 Å². The van der Waals surface area contributed by atoms with Crippen molar-refractivity contribution in [2.45, 2.75) is 51.0 Å². The average Bonchev–Trinajstić information content (AvgIpc) is 2.87. The van der Waals surface area contributed by atoms with Crippen LogP contribution in [0.2, 0.25) is 0 Å². The molecule has 9 heteroatoms. The fraction of sp³-hybridized carbons (Fsp3) is 0.480. The fourth-order valence-corrected chi connectivity index (χ4v) is 4.52. The predicted molar refractivity (Wildman–Crippen MR) is 127 cm³/mol. The van der Waals surface area contributed by atoms with Crippen molar-refractivity contribution in [2.75, 3.05) is 25.0 Å². The summed E-state index contributed by atoms with van der Waals surface area (Å²) < 4.78 is 27.3. The number of rotatable bonds is 8. The molecule has 7 nitrogen and oxygen atoms in total. The van der Waals surface area contributed by atoms with E-state index in [4.69, 9.17) is 5.73 Å². The van der Waals surface area contributed by atoms with Gasteiger partial charge in [0.25, 0.3) is 0 Å². The van der Waals surface area contributed by atoms with Gasteiger partial charge in [-0.1, -0.05) is 19.9 Å². The van der Waals surface area contributed by atoms with Crippen molar-refractivity contribution in [3.8, 4) is 0 Å². The van der Waals surface area contributed by atoms with Crippen molar-refractivity contribution in [3.05, 3.63) is 59.9 Å². The van der Waals surface area contributed by atoms with E-state index < -0.39 is 23.1 Å². The molecule has 1 aromatic heterocycles. The van der Waals surface area contributed by atoms with Gasteiger partial charge in [-0.3, -0.25) is 9.78 Å². The number of amides is 3. The summed E-state index contributed by atoms with van der Waals surface area (Å²) in [6, 6.07) is 6.45. The van der Waals surface area contributed by atoms with E-state index in [1.54, 1.807) is 35.5 Å². The number of halogens is 2. The Morgan fingerprint density at radius 2 is 1.76 bits per heavy atom. The molecule has 0 radical (unpaired) electrons. The summed E-state index contributed by atoms with van der Waals surface area (Å²) in [5, 5.41) is 5.78. The molecule has 1 atom stereocenters. The summed E-state index contributed by atoms with van der Waals surface area (Å²) in [6.45, 7) is 5.22. The molecule has 1 aliphatic heterocycles.